The molecule has 0 saturated heterocycles. The molecule has 0 bridgehead atoms. The Balaban J connectivity index is 1.23. The third-order valence-corrected chi connectivity index (χ3v) is 12.3. The Bertz CT molecular complexity index is 1140. The van der Waals surface area contributed by atoms with E-state index in [-0.39, 0.29) is 17.5 Å². The smallest absolute Gasteiger partial charge is 0.315 e. The molecule has 4 aliphatic carbocycles. The molecule has 4 aliphatic rings. The maximum atomic E-state index is 13.1. The number of carbonyl (C=O) groups is 1. The number of azide groups is 1. The summed E-state index contributed by atoms with van der Waals surface area (Å²) >= 11 is 0. The lowest BCUT2D eigenvalue weighted by atomic mass is 9.47. The molecule has 1 aromatic carbocycles. The molecule has 3 fully saturated rings. The van der Waals surface area contributed by atoms with Gasteiger partial charge in [-0.1, -0.05) is 101 Å². The third-order valence-electron chi connectivity index (χ3n) is 12.3. The topological polar surface area (TPSA) is 75.1 Å². The average molecular weight is 560 g/mol. The number of fused-ring (bicyclic) bond motifs is 5. The lowest BCUT2D eigenvalue weighted by molar-refractivity contribution is -0.153. The summed E-state index contributed by atoms with van der Waals surface area (Å²) in [7, 11) is 0. The van der Waals surface area contributed by atoms with Crippen LogP contribution in [0.15, 0.2) is 47.1 Å². The molecule has 0 aliphatic heterocycles. The van der Waals surface area contributed by atoms with Gasteiger partial charge < -0.3 is 4.74 Å². The van der Waals surface area contributed by atoms with Crippen LogP contribution in [0.25, 0.3) is 10.4 Å². The Morgan fingerprint density at radius 1 is 1.05 bits per heavy atom. The molecule has 5 nitrogen and oxygen atoms in total. The molecular formula is C36H53N3O2. The van der Waals surface area contributed by atoms with Crippen molar-refractivity contribution in [1.29, 1.82) is 0 Å². The first kappa shape index (κ1) is 30.2. The summed E-state index contributed by atoms with van der Waals surface area (Å²) in [5, 5.41) is 3.80. The van der Waals surface area contributed by atoms with Crippen LogP contribution in [0, 0.1) is 46.3 Å². The molecule has 9 atom stereocenters. The van der Waals surface area contributed by atoms with E-state index < -0.39 is 6.04 Å². The van der Waals surface area contributed by atoms with Crippen LogP contribution < -0.4 is 0 Å². The van der Waals surface area contributed by atoms with Crippen molar-refractivity contribution in [2.75, 3.05) is 0 Å². The van der Waals surface area contributed by atoms with Gasteiger partial charge in [-0.2, -0.15) is 0 Å². The molecule has 0 aromatic heterocycles. The van der Waals surface area contributed by atoms with Crippen LogP contribution in [0.4, 0.5) is 0 Å². The minimum absolute atomic E-state index is 0.123. The van der Waals surface area contributed by atoms with E-state index in [0.29, 0.717) is 11.8 Å². The second-order valence-electron chi connectivity index (χ2n) is 15.0. The van der Waals surface area contributed by atoms with Crippen molar-refractivity contribution >= 4 is 5.97 Å². The molecule has 5 rings (SSSR count). The van der Waals surface area contributed by atoms with Gasteiger partial charge in [-0.15, -0.1) is 0 Å². The molecule has 1 aromatic rings. The van der Waals surface area contributed by atoms with Crippen molar-refractivity contribution in [3.8, 4) is 0 Å². The first-order valence-electron chi connectivity index (χ1n) is 16.6. The highest BCUT2D eigenvalue weighted by atomic mass is 16.5. The third kappa shape index (κ3) is 6.12. The van der Waals surface area contributed by atoms with Crippen molar-refractivity contribution in [1.82, 2.24) is 0 Å². The molecular weight excluding hydrogens is 506 g/mol. The van der Waals surface area contributed by atoms with Gasteiger partial charge in [0.1, 0.15) is 12.1 Å². The quantitative estimate of drug-likeness (QED) is 0.0940. The van der Waals surface area contributed by atoms with Crippen molar-refractivity contribution < 1.29 is 9.53 Å². The molecule has 5 heteroatoms. The fourth-order valence-electron chi connectivity index (χ4n) is 10.1. The summed E-state index contributed by atoms with van der Waals surface area (Å²) in [6.45, 7) is 12.5. The van der Waals surface area contributed by atoms with Gasteiger partial charge in [-0.05, 0) is 109 Å². The second-order valence-corrected chi connectivity index (χ2v) is 15.0. The van der Waals surface area contributed by atoms with Gasteiger partial charge in [0, 0.05) is 11.3 Å². The minimum atomic E-state index is -0.820. The largest absolute Gasteiger partial charge is 0.462 e. The van der Waals surface area contributed by atoms with E-state index in [4.69, 9.17) is 10.3 Å². The number of hydrogen-bond donors (Lipinski definition) is 0. The zero-order valence-electron chi connectivity index (χ0n) is 26.2. The first-order chi connectivity index (χ1) is 19.7. The monoisotopic (exact) mass is 559 g/mol. The molecule has 0 amide bonds. The fraction of sp³-hybridized carbons (Fsp3) is 0.750. The predicted octanol–water partition coefficient (Wildman–Crippen LogP) is 9.86. The van der Waals surface area contributed by atoms with Gasteiger partial charge in [-0.25, -0.2) is 0 Å². The Morgan fingerprint density at radius 3 is 2.56 bits per heavy atom. The standard InChI is InChI=1S/C36H53N3O2/c1-24(2)10-9-11-25(3)30-16-17-31-29-15-14-27-23-28(18-20-35(27,4)32(29)19-21-36(30,31)5)41-34(40)33(38-39-37)22-26-12-7-6-8-13-26/h6-8,12-14,24-25,28-33H,9-11,15-23H2,1-5H3/t25-,28?,29+,30-,31+,32+,33?,35+,36-/m1/s1. The lowest BCUT2D eigenvalue weighted by Gasteiger charge is -2.58. The van der Waals surface area contributed by atoms with Crippen LogP contribution in [0.1, 0.15) is 111 Å². The zero-order valence-corrected chi connectivity index (χ0v) is 26.2. The van der Waals surface area contributed by atoms with E-state index in [9.17, 15) is 4.79 Å². The predicted molar refractivity (Wildman–Crippen MR) is 166 cm³/mol. The summed E-state index contributed by atoms with van der Waals surface area (Å²) in [6.07, 6.45) is 16.5. The number of hydrogen-bond acceptors (Lipinski definition) is 3. The van der Waals surface area contributed by atoms with Gasteiger partial charge in [-0.3, -0.25) is 4.79 Å². The minimum Gasteiger partial charge on any atom is -0.462 e. The number of nitrogens with zero attached hydrogens (tertiary/aromatic N) is 3. The normalized spacial score (nSPS) is 35.8. The van der Waals surface area contributed by atoms with Crippen LogP contribution in [-0.4, -0.2) is 18.1 Å². The summed E-state index contributed by atoms with van der Waals surface area (Å²) < 4.78 is 6.04. The number of esters is 1. The van der Waals surface area contributed by atoms with Gasteiger partial charge in [0.15, 0.2) is 0 Å². The number of allylic oxidation sites excluding steroid dienone is 1. The summed E-state index contributed by atoms with van der Waals surface area (Å²) in [5.74, 6) is 4.56. The summed E-state index contributed by atoms with van der Waals surface area (Å²) in [6, 6.07) is 8.91. The van der Waals surface area contributed by atoms with E-state index >= 15 is 0 Å². The molecule has 224 valence electrons. The van der Waals surface area contributed by atoms with E-state index in [0.717, 1.165) is 60.3 Å². The van der Waals surface area contributed by atoms with E-state index in [2.05, 4.69) is 50.7 Å². The maximum Gasteiger partial charge on any atom is 0.315 e. The molecule has 0 radical (unpaired) electrons. The van der Waals surface area contributed by atoms with Crippen molar-refractivity contribution in [2.45, 2.75) is 124 Å². The van der Waals surface area contributed by atoms with E-state index in [1.165, 1.54) is 56.9 Å². The molecule has 3 saturated carbocycles. The van der Waals surface area contributed by atoms with Gasteiger partial charge in [0.25, 0.3) is 0 Å². The van der Waals surface area contributed by atoms with Crippen molar-refractivity contribution in [3.63, 3.8) is 0 Å². The molecule has 0 spiro atoms. The van der Waals surface area contributed by atoms with E-state index in [1.54, 1.807) is 0 Å². The zero-order chi connectivity index (χ0) is 29.2. The van der Waals surface area contributed by atoms with E-state index in [1.807, 2.05) is 30.3 Å². The Labute approximate surface area is 248 Å². The van der Waals surface area contributed by atoms with Crippen molar-refractivity contribution in [2.24, 2.45) is 51.5 Å². The Kier molecular flexibility index (Phi) is 9.24. The average Bonchev–Trinajstić information content (AvgIpc) is 3.30. The van der Waals surface area contributed by atoms with Crippen LogP contribution >= 0.6 is 0 Å². The number of ether oxygens (including phenoxy) is 1. The number of benzene rings is 1. The second kappa shape index (κ2) is 12.5. The van der Waals surface area contributed by atoms with Gasteiger partial charge in [0.05, 0.1) is 0 Å². The first-order valence-corrected chi connectivity index (χ1v) is 16.6. The van der Waals surface area contributed by atoms with Crippen LogP contribution in [0.5, 0.6) is 0 Å². The molecule has 2 unspecified atom stereocenters. The highest BCUT2D eigenvalue weighted by Crippen LogP contribution is 2.67. The number of carbonyl (C=O) groups excluding carboxylic acids is 1. The summed E-state index contributed by atoms with van der Waals surface area (Å²) in [4.78, 5) is 16.1. The van der Waals surface area contributed by atoms with Gasteiger partial charge >= 0.3 is 5.97 Å². The fourth-order valence-corrected chi connectivity index (χ4v) is 10.1. The lowest BCUT2D eigenvalue weighted by Crippen LogP contribution is -2.51. The van der Waals surface area contributed by atoms with Gasteiger partial charge in [0.2, 0.25) is 0 Å². The van der Waals surface area contributed by atoms with Crippen LogP contribution in [0.3, 0.4) is 0 Å². The van der Waals surface area contributed by atoms with Crippen LogP contribution in [0.2, 0.25) is 0 Å². The maximum absolute atomic E-state index is 13.1. The molecule has 0 N–H and O–H groups in total. The highest BCUT2D eigenvalue weighted by molar-refractivity contribution is 5.76. The highest BCUT2D eigenvalue weighted by Gasteiger charge is 2.59. The number of rotatable bonds is 10. The Morgan fingerprint density at radius 2 is 1.83 bits per heavy atom. The summed E-state index contributed by atoms with van der Waals surface area (Å²) in [5.41, 5.74) is 12.3. The molecule has 41 heavy (non-hydrogen) atoms. The Hall–Kier alpha value is -2.26. The van der Waals surface area contributed by atoms with Crippen molar-refractivity contribution in [3.05, 3.63) is 58.0 Å². The SMILES string of the molecule is CC(C)CCC[C@@H](C)[C@H]1CC[C@H]2[C@@H]3CC=C4CC(OC(=O)C(Cc5ccccc5)N=[N+]=[N-])CC[C@]4(C)[C@H]3CC[C@]12C. The molecule has 0 heterocycles. The van der Waals surface area contributed by atoms with Crippen LogP contribution in [-0.2, 0) is 16.0 Å².